The first kappa shape index (κ1) is 12.6. The van der Waals surface area contributed by atoms with E-state index in [0.717, 1.165) is 13.1 Å². The summed E-state index contributed by atoms with van der Waals surface area (Å²) in [5, 5.41) is 3.72. The second-order valence-electron chi connectivity index (χ2n) is 5.16. The predicted octanol–water partition coefficient (Wildman–Crippen LogP) is 2.82. The molecule has 94 valence electrons. The maximum Gasteiger partial charge on any atom is 0.0450 e. The van der Waals surface area contributed by atoms with Crippen LogP contribution in [-0.4, -0.2) is 30.6 Å². The number of rotatable bonds is 3. The lowest BCUT2D eigenvalue weighted by atomic mass is 9.87. The molecule has 17 heavy (non-hydrogen) atoms. The van der Waals surface area contributed by atoms with Crippen LogP contribution in [0.4, 0.5) is 0 Å². The molecule has 0 amide bonds. The third-order valence-electron chi connectivity index (χ3n) is 4.46. The van der Waals surface area contributed by atoms with Gasteiger partial charge in [-0.25, -0.2) is 0 Å². The molecule has 0 spiro atoms. The average molecular weight is 232 g/mol. The Morgan fingerprint density at radius 1 is 1.24 bits per heavy atom. The Bertz CT molecular complexity index is 343. The van der Waals surface area contributed by atoms with Gasteiger partial charge in [0.15, 0.2) is 0 Å². The molecule has 1 fully saturated rings. The van der Waals surface area contributed by atoms with E-state index in [4.69, 9.17) is 0 Å². The number of benzene rings is 1. The number of hydrogen-bond donors (Lipinski definition) is 1. The van der Waals surface area contributed by atoms with Crippen LogP contribution >= 0.6 is 0 Å². The second-order valence-corrected chi connectivity index (χ2v) is 5.16. The number of likely N-dealkylation sites (N-methyl/N-ethyl adjacent to an activating group) is 1. The van der Waals surface area contributed by atoms with Crippen molar-refractivity contribution in [3.63, 3.8) is 0 Å². The zero-order valence-electron chi connectivity index (χ0n) is 11.2. The third kappa shape index (κ3) is 2.38. The smallest absolute Gasteiger partial charge is 0.0450 e. The molecular weight excluding hydrogens is 208 g/mol. The van der Waals surface area contributed by atoms with Crippen molar-refractivity contribution in [3.8, 4) is 0 Å². The first-order chi connectivity index (χ1) is 8.22. The molecule has 1 saturated heterocycles. The summed E-state index contributed by atoms with van der Waals surface area (Å²) in [6.07, 6.45) is 2.43. The molecule has 1 heterocycles. The minimum absolute atomic E-state index is 0.352. The average Bonchev–Trinajstić information content (AvgIpc) is 2.40. The van der Waals surface area contributed by atoms with Crippen molar-refractivity contribution in [2.24, 2.45) is 0 Å². The topological polar surface area (TPSA) is 15.3 Å². The number of piperazine rings is 1. The molecule has 0 aromatic heterocycles. The van der Waals surface area contributed by atoms with Gasteiger partial charge in [-0.2, -0.15) is 0 Å². The zero-order chi connectivity index (χ0) is 12.3. The van der Waals surface area contributed by atoms with E-state index in [2.05, 4.69) is 61.4 Å². The van der Waals surface area contributed by atoms with Crippen LogP contribution in [0.15, 0.2) is 30.3 Å². The molecule has 1 aromatic carbocycles. The summed E-state index contributed by atoms with van der Waals surface area (Å²) in [6.45, 7) is 6.79. The Labute approximate surface area is 105 Å². The summed E-state index contributed by atoms with van der Waals surface area (Å²) in [6, 6.07) is 11.2. The molecule has 0 aliphatic carbocycles. The van der Waals surface area contributed by atoms with Gasteiger partial charge in [-0.05, 0) is 25.5 Å². The van der Waals surface area contributed by atoms with Crippen molar-refractivity contribution in [1.82, 2.24) is 10.2 Å². The SMILES string of the molecule is CCC1(CC)CNC(c2ccccc2)CN1C. The normalized spacial score (nSPS) is 24.8. The maximum atomic E-state index is 3.72. The van der Waals surface area contributed by atoms with Gasteiger partial charge in [0, 0.05) is 24.7 Å². The molecule has 2 rings (SSSR count). The van der Waals surface area contributed by atoms with Gasteiger partial charge in [0.1, 0.15) is 0 Å². The fraction of sp³-hybridized carbons (Fsp3) is 0.600. The van der Waals surface area contributed by atoms with E-state index in [1.165, 1.54) is 18.4 Å². The second kappa shape index (κ2) is 5.19. The zero-order valence-corrected chi connectivity index (χ0v) is 11.2. The quantitative estimate of drug-likeness (QED) is 0.862. The molecule has 1 unspecified atom stereocenters. The molecule has 2 heteroatoms. The number of nitrogens with zero attached hydrogens (tertiary/aromatic N) is 1. The van der Waals surface area contributed by atoms with Gasteiger partial charge in [-0.3, -0.25) is 4.90 Å². The summed E-state index contributed by atoms with van der Waals surface area (Å²) < 4.78 is 0. The molecule has 1 aromatic rings. The lowest BCUT2D eigenvalue weighted by molar-refractivity contribution is 0.0563. The summed E-state index contributed by atoms with van der Waals surface area (Å²) in [5.74, 6) is 0. The van der Waals surface area contributed by atoms with Crippen molar-refractivity contribution in [3.05, 3.63) is 35.9 Å². The van der Waals surface area contributed by atoms with Gasteiger partial charge in [0.25, 0.3) is 0 Å². The molecule has 2 nitrogen and oxygen atoms in total. The third-order valence-corrected chi connectivity index (χ3v) is 4.46. The summed E-state index contributed by atoms with van der Waals surface area (Å²) in [4.78, 5) is 2.54. The summed E-state index contributed by atoms with van der Waals surface area (Å²) >= 11 is 0. The first-order valence-corrected chi connectivity index (χ1v) is 6.71. The van der Waals surface area contributed by atoms with Crippen molar-refractivity contribution >= 4 is 0 Å². The molecule has 0 bridgehead atoms. The van der Waals surface area contributed by atoms with Gasteiger partial charge in [-0.15, -0.1) is 0 Å². The monoisotopic (exact) mass is 232 g/mol. The Balaban J connectivity index is 2.10. The highest BCUT2D eigenvalue weighted by Crippen LogP contribution is 2.29. The van der Waals surface area contributed by atoms with E-state index in [1.54, 1.807) is 0 Å². The van der Waals surface area contributed by atoms with Gasteiger partial charge < -0.3 is 5.32 Å². The fourth-order valence-electron chi connectivity index (χ4n) is 2.93. The van der Waals surface area contributed by atoms with Crippen LogP contribution in [0, 0.1) is 0 Å². The highest BCUT2D eigenvalue weighted by molar-refractivity contribution is 5.20. The van der Waals surface area contributed by atoms with Crippen LogP contribution in [0.5, 0.6) is 0 Å². The lowest BCUT2D eigenvalue weighted by Crippen LogP contribution is -2.59. The molecular formula is C15H24N2. The highest BCUT2D eigenvalue weighted by Gasteiger charge is 2.36. The van der Waals surface area contributed by atoms with Gasteiger partial charge >= 0.3 is 0 Å². The van der Waals surface area contributed by atoms with Crippen LogP contribution in [0.3, 0.4) is 0 Å². The van der Waals surface area contributed by atoms with Gasteiger partial charge in [-0.1, -0.05) is 44.2 Å². The summed E-state index contributed by atoms with van der Waals surface area (Å²) in [7, 11) is 2.27. The van der Waals surface area contributed by atoms with Crippen LogP contribution in [0.2, 0.25) is 0 Å². The molecule has 0 radical (unpaired) electrons. The predicted molar refractivity (Wildman–Crippen MR) is 73.1 cm³/mol. The van der Waals surface area contributed by atoms with E-state index >= 15 is 0 Å². The van der Waals surface area contributed by atoms with Crippen molar-refractivity contribution in [2.75, 3.05) is 20.1 Å². The van der Waals surface area contributed by atoms with Crippen molar-refractivity contribution < 1.29 is 0 Å². The van der Waals surface area contributed by atoms with Crippen LogP contribution in [0.25, 0.3) is 0 Å². The first-order valence-electron chi connectivity index (χ1n) is 6.71. The number of nitrogens with one attached hydrogen (secondary N) is 1. The minimum atomic E-state index is 0.352. The van der Waals surface area contributed by atoms with Gasteiger partial charge in [0.05, 0.1) is 0 Å². The van der Waals surface area contributed by atoms with E-state index in [1.807, 2.05) is 0 Å². The Morgan fingerprint density at radius 2 is 1.88 bits per heavy atom. The standard InChI is InChI=1S/C15H24N2/c1-4-15(5-2)12-16-14(11-17(15)3)13-9-7-6-8-10-13/h6-10,14,16H,4-5,11-12H2,1-3H3. The van der Waals surface area contributed by atoms with E-state index < -0.39 is 0 Å². The van der Waals surface area contributed by atoms with Crippen LogP contribution in [0.1, 0.15) is 38.3 Å². The maximum absolute atomic E-state index is 3.72. The summed E-state index contributed by atoms with van der Waals surface area (Å²) in [5.41, 5.74) is 1.76. The minimum Gasteiger partial charge on any atom is -0.307 e. The Hall–Kier alpha value is -0.860. The number of hydrogen-bond acceptors (Lipinski definition) is 2. The van der Waals surface area contributed by atoms with Crippen LogP contribution < -0.4 is 5.32 Å². The molecule has 1 aliphatic heterocycles. The molecule has 0 saturated carbocycles. The van der Waals surface area contributed by atoms with Crippen LogP contribution in [-0.2, 0) is 0 Å². The van der Waals surface area contributed by atoms with Crippen molar-refractivity contribution in [1.29, 1.82) is 0 Å². The lowest BCUT2D eigenvalue weighted by Gasteiger charge is -2.48. The van der Waals surface area contributed by atoms with Crippen molar-refractivity contribution in [2.45, 2.75) is 38.3 Å². The molecule has 1 aliphatic rings. The van der Waals surface area contributed by atoms with E-state index in [-0.39, 0.29) is 0 Å². The molecule has 1 atom stereocenters. The fourth-order valence-corrected chi connectivity index (χ4v) is 2.93. The van der Waals surface area contributed by atoms with Gasteiger partial charge in [0.2, 0.25) is 0 Å². The highest BCUT2D eigenvalue weighted by atomic mass is 15.2. The largest absolute Gasteiger partial charge is 0.307 e. The van der Waals surface area contributed by atoms with E-state index in [9.17, 15) is 0 Å². The molecule has 1 N–H and O–H groups in total. The Morgan fingerprint density at radius 3 is 2.41 bits per heavy atom. The van der Waals surface area contributed by atoms with E-state index in [0.29, 0.717) is 11.6 Å². The Kier molecular flexibility index (Phi) is 3.85.